The first-order chi connectivity index (χ1) is 11.6. The molecule has 2 aliphatic heterocycles. The molecule has 0 unspecified atom stereocenters. The van der Waals surface area contributed by atoms with Gasteiger partial charge >= 0.3 is 6.03 Å². The second-order valence-corrected chi connectivity index (χ2v) is 6.61. The SMILES string of the molecule is O=C(Cc1ccc(F)cc1)NC1CCN(C(=O)N2CCCC2)CC1. The highest BCUT2D eigenvalue weighted by Crippen LogP contribution is 2.16. The first-order valence-corrected chi connectivity index (χ1v) is 8.69. The van der Waals surface area contributed by atoms with Gasteiger partial charge in [-0.1, -0.05) is 12.1 Å². The lowest BCUT2D eigenvalue weighted by Gasteiger charge is -2.34. The maximum atomic E-state index is 12.9. The highest BCUT2D eigenvalue weighted by atomic mass is 19.1. The van der Waals surface area contributed by atoms with Gasteiger partial charge in [0.1, 0.15) is 5.82 Å². The predicted molar refractivity (Wildman–Crippen MR) is 89.0 cm³/mol. The quantitative estimate of drug-likeness (QED) is 0.922. The number of carbonyl (C=O) groups excluding carboxylic acids is 2. The van der Waals surface area contributed by atoms with Crippen LogP contribution in [0.1, 0.15) is 31.2 Å². The van der Waals surface area contributed by atoms with Crippen LogP contribution < -0.4 is 5.32 Å². The molecule has 2 aliphatic rings. The molecule has 0 bridgehead atoms. The molecule has 2 heterocycles. The van der Waals surface area contributed by atoms with Crippen molar-refractivity contribution in [2.24, 2.45) is 0 Å². The summed E-state index contributed by atoms with van der Waals surface area (Å²) in [7, 11) is 0. The van der Waals surface area contributed by atoms with Gasteiger partial charge < -0.3 is 15.1 Å². The topological polar surface area (TPSA) is 52.7 Å². The van der Waals surface area contributed by atoms with E-state index in [1.165, 1.54) is 12.1 Å². The van der Waals surface area contributed by atoms with Gasteiger partial charge in [0.05, 0.1) is 6.42 Å². The smallest absolute Gasteiger partial charge is 0.319 e. The van der Waals surface area contributed by atoms with Gasteiger partial charge in [0.15, 0.2) is 0 Å². The molecule has 2 saturated heterocycles. The number of halogens is 1. The summed E-state index contributed by atoms with van der Waals surface area (Å²) in [6.07, 6.45) is 4.03. The molecule has 5 nitrogen and oxygen atoms in total. The molecule has 3 rings (SSSR count). The van der Waals surface area contributed by atoms with E-state index < -0.39 is 0 Å². The van der Waals surface area contributed by atoms with Crippen molar-refractivity contribution in [2.45, 2.75) is 38.1 Å². The van der Waals surface area contributed by atoms with E-state index >= 15 is 0 Å². The molecular weight excluding hydrogens is 309 g/mol. The molecule has 24 heavy (non-hydrogen) atoms. The van der Waals surface area contributed by atoms with Crippen LogP contribution in [-0.2, 0) is 11.2 Å². The number of nitrogens with one attached hydrogen (secondary N) is 1. The maximum Gasteiger partial charge on any atom is 0.319 e. The second kappa shape index (κ2) is 7.64. The predicted octanol–water partition coefficient (Wildman–Crippen LogP) is 2.16. The lowest BCUT2D eigenvalue weighted by Crippen LogP contribution is -2.50. The van der Waals surface area contributed by atoms with E-state index in [-0.39, 0.29) is 30.2 Å². The van der Waals surface area contributed by atoms with E-state index in [0.29, 0.717) is 13.1 Å². The summed E-state index contributed by atoms with van der Waals surface area (Å²) in [6.45, 7) is 3.12. The Hall–Kier alpha value is -2.11. The van der Waals surface area contributed by atoms with Gasteiger partial charge in [-0.2, -0.15) is 0 Å². The minimum absolute atomic E-state index is 0.0501. The molecule has 0 atom stereocenters. The number of amides is 3. The number of likely N-dealkylation sites (tertiary alicyclic amines) is 2. The Balaban J connectivity index is 1.42. The van der Waals surface area contributed by atoms with Gasteiger partial charge in [-0.15, -0.1) is 0 Å². The number of carbonyl (C=O) groups is 2. The number of urea groups is 1. The van der Waals surface area contributed by atoms with Gasteiger partial charge in [0, 0.05) is 32.2 Å². The highest BCUT2D eigenvalue weighted by molar-refractivity contribution is 5.79. The second-order valence-electron chi connectivity index (χ2n) is 6.61. The molecule has 0 radical (unpaired) electrons. The minimum atomic E-state index is -0.297. The molecule has 3 amide bonds. The summed E-state index contributed by atoms with van der Waals surface area (Å²) in [5.41, 5.74) is 0.801. The normalized spacial score (nSPS) is 18.7. The fraction of sp³-hybridized carbons (Fsp3) is 0.556. The largest absolute Gasteiger partial charge is 0.353 e. The Morgan fingerprint density at radius 3 is 2.21 bits per heavy atom. The standard InChI is InChI=1S/C18H24FN3O2/c19-15-5-3-14(4-6-15)13-17(23)20-16-7-11-22(12-8-16)18(24)21-9-1-2-10-21/h3-6,16H,1-2,7-13H2,(H,20,23). The third-order valence-corrected chi connectivity index (χ3v) is 4.79. The molecule has 130 valence electrons. The van der Waals surface area contributed by atoms with Crippen LogP contribution in [0.25, 0.3) is 0 Å². The van der Waals surface area contributed by atoms with Crippen LogP contribution in [0.3, 0.4) is 0 Å². The van der Waals surface area contributed by atoms with Crippen molar-refractivity contribution in [3.05, 3.63) is 35.6 Å². The third kappa shape index (κ3) is 4.24. The van der Waals surface area contributed by atoms with Crippen LogP contribution in [0.2, 0.25) is 0 Å². The molecule has 0 aromatic heterocycles. The average molecular weight is 333 g/mol. The minimum Gasteiger partial charge on any atom is -0.353 e. The summed E-state index contributed by atoms with van der Waals surface area (Å²) >= 11 is 0. The van der Waals surface area contributed by atoms with Gasteiger partial charge in [0.2, 0.25) is 5.91 Å². The van der Waals surface area contributed by atoms with E-state index in [1.54, 1.807) is 12.1 Å². The number of hydrogen-bond acceptors (Lipinski definition) is 2. The molecule has 6 heteroatoms. The van der Waals surface area contributed by atoms with Gasteiger partial charge in [-0.05, 0) is 43.4 Å². The summed E-state index contributed by atoms with van der Waals surface area (Å²) in [6, 6.07) is 6.25. The van der Waals surface area contributed by atoms with Crippen molar-refractivity contribution in [2.75, 3.05) is 26.2 Å². The number of hydrogen-bond donors (Lipinski definition) is 1. The molecule has 1 aromatic carbocycles. The lowest BCUT2D eigenvalue weighted by atomic mass is 10.0. The van der Waals surface area contributed by atoms with Crippen LogP contribution in [0.15, 0.2) is 24.3 Å². The summed E-state index contributed by atoms with van der Waals surface area (Å²) in [4.78, 5) is 28.2. The Kier molecular flexibility index (Phi) is 5.33. The molecule has 1 N–H and O–H groups in total. The van der Waals surface area contributed by atoms with Crippen molar-refractivity contribution in [1.29, 1.82) is 0 Å². The molecule has 0 spiro atoms. The Morgan fingerprint density at radius 1 is 1.00 bits per heavy atom. The Bertz CT molecular complexity index is 576. The molecular formula is C18H24FN3O2. The summed E-state index contributed by atoms with van der Waals surface area (Å²) in [5, 5.41) is 3.03. The van der Waals surface area contributed by atoms with Crippen LogP contribution in [-0.4, -0.2) is 54.0 Å². The van der Waals surface area contributed by atoms with Crippen molar-refractivity contribution >= 4 is 11.9 Å². The van der Waals surface area contributed by atoms with Gasteiger partial charge in [-0.25, -0.2) is 9.18 Å². The zero-order valence-electron chi connectivity index (χ0n) is 13.8. The Morgan fingerprint density at radius 2 is 1.58 bits per heavy atom. The molecule has 0 saturated carbocycles. The van der Waals surface area contributed by atoms with Crippen molar-refractivity contribution < 1.29 is 14.0 Å². The van der Waals surface area contributed by atoms with E-state index in [2.05, 4.69) is 5.32 Å². The van der Waals surface area contributed by atoms with Crippen molar-refractivity contribution in [1.82, 2.24) is 15.1 Å². The Labute approximate surface area is 141 Å². The van der Waals surface area contributed by atoms with Crippen molar-refractivity contribution in [3.8, 4) is 0 Å². The van der Waals surface area contributed by atoms with Crippen LogP contribution in [0.5, 0.6) is 0 Å². The van der Waals surface area contributed by atoms with Gasteiger partial charge in [-0.3, -0.25) is 4.79 Å². The maximum absolute atomic E-state index is 12.9. The molecule has 2 fully saturated rings. The van der Waals surface area contributed by atoms with Crippen LogP contribution in [0, 0.1) is 5.82 Å². The van der Waals surface area contributed by atoms with E-state index in [1.807, 2.05) is 9.80 Å². The summed E-state index contributed by atoms with van der Waals surface area (Å²) < 4.78 is 12.9. The number of benzene rings is 1. The first kappa shape index (κ1) is 16.7. The van der Waals surface area contributed by atoms with Crippen LogP contribution in [0.4, 0.5) is 9.18 Å². The van der Waals surface area contributed by atoms with E-state index in [0.717, 1.165) is 44.3 Å². The average Bonchev–Trinajstić information content (AvgIpc) is 3.11. The summed E-state index contributed by atoms with van der Waals surface area (Å²) in [5.74, 6) is -0.347. The number of rotatable bonds is 3. The number of nitrogens with zero attached hydrogens (tertiary/aromatic N) is 2. The van der Waals surface area contributed by atoms with E-state index in [4.69, 9.17) is 0 Å². The third-order valence-electron chi connectivity index (χ3n) is 4.79. The fourth-order valence-electron chi connectivity index (χ4n) is 3.39. The molecule has 0 aliphatic carbocycles. The highest BCUT2D eigenvalue weighted by Gasteiger charge is 2.28. The van der Waals surface area contributed by atoms with Gasteiger partial charge in [0.25, 0.3) is 0 Å². The van der Waals surface area contributed by atoms with E-state index in [9.17, 15) is 14.0 Å². The number of piperidine rings is 1. The first-order valence-electron chi connectivity index (χ1n) is 8.69. The lowest BCUT2D eigenvalue weighted by molar-refractivity contribution is -0.121. The fourth-order valence-corrected chi connectivity index (χ4v) is 3.39. The van der Waals surface area contributed by atoms with Crippen LogP contribution >= 0.6 is 0 Å². The van der Waals surface area contributed by atoms with Crippen molar-refractivity contribution in [3.63, 3.8) is 0 Å². The monoisotopic (exact) mass is 333 g/mol. The zero-order valence-corrected chi connectivity index (χ0v) is 13.8. The molecule has 1 aromatic rings. The zero-order chi connectivity index (χ0) is 16.9.